The van der Waals surface area contributed by atoms with Gasteiger partial charge in [-0.1, -0.05) is 0 Å². The third-order valence-corrected chi connectivity index (χ3v) is 5.04. The molecule has 0 radical (unpaired) electrons. The van der Waals surface area contributed by atoms with Gasteiger partial charge in [-0.05, 0) is 40.0 Å². The van der Waals surface area contributed by atoms with Gasteiger partial charge in [0.2, 0.25) is 11.7 Å². The fourth-order valence-corrected chi connectivity index (χ4v) is 3.24. The summed E-state index contributed by atoms with van der Waals surface area (Å²) in [5.41, 5.74) is 0.382. The zero-order valence-corrected chi connectivity index (χ0v) is 16.6. The molecule has 9 heteroatoms. The van der Waals surface area contributed by atoms with Gasteiger partial charge >= 0.3 is 0 Å². The lowest BCUT2D eigenvalue weighted by molar-refractivity contribution is -0.130. The molecule has 0 aromatic carbocycles. The first-order valence-corrected chi connectivity index (χ1v) is 9.51. The van der Waals surface area contributed by atoms with Crippen LogP contribution in [0.3, 0.4) is 0 Å². The topological polar surface area (TPSA) is 113 Å². The fraction of sp³-hybridized carbons (Fsp3) is 0.579. The van der Waals surface area contributed by atoms with Gasteiger partial charge in [0.15, 0.2) is 0 Å². The number of likely N-dealkylation sites (tertiary alicyclic amines) is 1. The van der Waals surface area contributed by atoms with E-state index >= 15 is 0 Å². The highest BCUT2D eigenvalue weighted by molar-refractivity contribution is 5.79. The van der Waals surface area contributed by atoms with Gasteiger partial charge in [0, 0.05) is 31.0 Å². The van der Waals surface area contributed by atoms with E-state index in [1.165, 1.54) is 0 Å². The van der Waals surface area contributed by atoms with Crippen LogP contribution >= 0.6 is 0 Å². The summed E-state index contributed by atoms with van der Waals surface area (Å²) in [6, 6.07) is 1.93. The SMILES string of the molecule is Cc1nc(-c2cnccn2)nn1CCC(C)(C)NCC(=O)N1CCC[C@H]1C#N. The Hall–Kier alpha value is -2.86. The quantitative estimate of drug-likeness (QED) is 0.768. The van der Waals surface area contributed by atoms with Gasteiger partial charge in [0.1, 0.15) is 17.6 Å². The van der Waals surface area contributed by atoms with Crippen molar-refractivity contribution in [3.05, 3.63) is 24.4 Å². The van der Waals surface area contributed by atoms with Crippen LogP contribution < -0.4 is 5.32 Å². The van der Waals surface area contributed by atoms with E-state index in [9.17, 15) is 4.79 Å². The van der Waals surface area contributed by atoms with Gasteiger partial charge in [-0.3, -0.25) is 9.78 Å². The molecule has 1 atom stereocenters. The Kier molecular flexibility index (Phi) is 5.99. The van der Waals surface area contributed by atoms with Gasteiger partial charge in [0.05, 0.1) is 18.8 Å². The molecule has 0 aliphatic carbocycles. The molecule has 3 heterocycles. The van der Waals surface area contributed by atoms with Crippen LogP contribution in [0, 0.1) is 18.3 Å². The van der Waals surface area contributed by atoms with E-state index in [1.54, 1.807) is 23.5 Å². The smallest absolute Gasteiger partial charge is 0.237 e. The van der Waals surface area contributed by atoms with Crippen LogP contribution in [0.15, 0.2) is 18.6 Å². The summed E-state index contributed by atoms with van der Waals surface area (Å²) >= 11 is 0. The Bertz CT molecular complexity index is 855. The number of carbonyl (C=O) groups is 1. The molecule has 0 spiro atoms. The average Bonchev–Trinajstić information content (AvgIpc) is 3.32. The van der Waals surface area contributed by atoms with E-state index in [1.807, 2.05) is 11.6 Å². The monoisotopic (exact) mass is 382 g/mol. The van der Waals surface area contributed by atoms with Gasteiger partial charge < -0.3 is 10.2 Å². The van der Waals surface area contributed by atoms with Crippen LogP contribution in [0.1, 0.15) is 38.9 Å². The molecule has 0 bridgehead atoms. The molecule has 148 valence electrons. The summed E-state index contributed by atoms with van der Waals surface area (Å²) in [5, 5.41) is 17.0. The minimum Gasteiger partial charge on any atom is -0.326 e. The van der Waals surface area contributed by atoms with Gasteiger partial charge in [-0.15, -0.1) is 5.10 Å². The van der Waals surface area contributed by atoms with Gasteiger partial charge in [0.25, 0.3) is 0 Å². The normalized spacial score (nSPS) is 16.9. The number of nitrogens with one attached hydrogen (secondary N) is 1. The van der Waals surface area contributed by atoms with Crippen LogP contribution in [0.2, 0.25) is 0 Å². The number of rotatable bonds is 7. The minimum absolute atomic E-state index is 0.0148. The number of hydrogen-bond acceptors (Lipinski definition) is 7. The number of aryl methyl sites for hydroxylation is 2. The van der Waals surface area contributed by atoms with E-state index in [4.69, 9.17) is 5.26 Å². The molecule has 28 heavy (non-hydrogen) atoms. The predicted octanol–water partition coefficient (Wildman–Crippen LogP) is 1.32. The number of carbonyl (C=O) groups excluding carboxylic acids is 1. The number of nitriles is 1. The lowest BCUT2D eigenvalue weighted by atomic mass is 10.0. The molecule has 1 aliphatic rings. The van der Waals surface area contributed by atoms with E-state index in [-0.39, 0.29) is 24.0 Å². The number of aromatic nitrogens is 5. The van der Waals surface area contributed by atoms with Crippen molar-refractivity contribution in [1.82, 2.24) is 34.9 Å². The second-order valence-corrected chi connectivity index (χ2v) is 7.66. The Morgan fingerprint density at radius 1 is 1.43 bits per heavy atom. The van der Waals surface area contributed by atoms with Gasteiger partial charge in [-0.2, -0.15) is 5.26 Å². The summed E-state index contributed by atoms with van der Waals surface area (Å²) in [6.45, 7) is 7.59. The third kappa shape index (κ3) is 4.70. The maximum absolute atomic E-state index is 12.4. The lowest BCUT2D eigenvalue weighted by Gasteiger charge is -2.28. The van der Waals surface area contributed by atoms with Crippen molar-refractivity contribution in [3.63, 3.8) is 0 Å². The number of hydrogen-bond donors (Lipinski definition) is 1. The molecular formula is C19H26N8O. The van der Waals surface area contributed by atoms with E-state index in [0.29, 0.717) is 24.6 Å². The summed E-state index contributed by atoms with van der Waals surface area (Å²) in [5.74, 6) is 1.35. The van der Waals surface area contributed by atoms with Crippen LogP contribution in [-0.2, 0) is 11.3 Å². The largest absolute Gasteiger partial charge is 0.326 e. The highest BCUT2D eigenvalue weighted by Gasteiger charge is 2.29. The van der Waals surface area contributed by atoms with Crippen molar-refractivity contribution in [3.8, 4) is 17.6 Å². The zero-order valence-electron chi connectivity index (χ0n) is 16.6. The van der Waals surface area contributed by atoms with Crippen LogP contribution in [0.25, 0.3) is 11.5 Å². The van der Waals surface area contributed by atoms with Crippen LogP contribution in [0.5, 0.6) is 0 Å². The Morgan fingerprint density at radius 3 is 2.96 bits per heavy atom. The van der Waals surface area contributed by atoms with Crippen molar-refractivity contribution < 1.29 is 4.79 Å². The van der Waals surface area contributed by atoms with Crippen molar-refractivity contribution in [2.24, 2.45) is 0 Å². The van der Waals surface area contributed by atoms with Crippen molar-refractivity contribution in [2.75, 3.05) is 13.1 Å². The average molecular weight is 382 g/mol. The maximum Gasteiger partial charge on any atom is 0.237 e. The molecule has 2 aromatic rings. The summed E-state index contributed by atoms with van der Waals surface area (Å²) in [7, 11) is 0. The number of nitrogens with zero attached hydrogens (tertiary/aromatic N) is 7. The van der Waals surface area contributed by atoms with Crippen molar-refractivity contribution in [1.29, 1.82) is 5.26 Å². The van der Waals surface area contributed by atoms with E-state index in [0.717, 1.165) is 25.1 Å². The zero-order chi connectivity index (χ0) is 20.1. The van der Waals surface area contributed by atoms with Gasteiger partial charge in [-0.25, -0.2) is 14.6 Å². The lowest BCUT2D eigenvalue weighted by Crippen LogP contribution is -2.48. The highest BCUT2D eigenvalue weighted by atomic mass is 16.2. The Labute approximate surface area is 164 Å². The molecule has 1 aliphatic heterocycles. The highest BCUT2D eigenvalue weighted by Crippen LogP contribution is 2.17. The summed E-state index contributed by atoms with van der Waals surface area (Å²) < 4.78 is 1.85. The molecule has 1 amide bonds. The first kappa shape index (κ1) is 19.9. The molecule has 1 N–H and O–H groups in total. The van der Waals surface area contributed by atoms with Crippen LogP contribution in [-0.4, -0.2) is 60.2 Å². The standard InChI is InChI=1S/C19H26N8O/c1-14-24-18(16-12-21-7-8-22-16)25-27(14)10-6-19(2,3)23-13-17(28)26-9-4-5-15(26)11-20/h7-8,12,15,23H,4-6,9-10,13H2,1-3H3/t15-/m0/s1. The molecular weight excluding hydrogens is 356 g/mol. The molecule has 0 unspecified atom stereocenters. The van der Waals surface area contributed by atoms with Crippen molar-refractivity contribution >= 4 is 5.91 Å². The van der Waals surface area contributed by atoms with E-state index in [2.05, 4.69) is 45.3 Å². The van der Waals surface area contributed by atoms with Crippen LogP contribution in [0.4, 0.5) is 0 Å². The maximum atomic E-state index is 12.4. The number of amides is 1. The second kappa shape index (κ2) is 8.44. The van der Waals surface area contributed by atoms with E-state index < -0.39 is 0 Å². The first-order valence-electron chi connectivity index (χ1n) is 9.51. The summed E-state index contributed by atoms with van der Waals surface area (Å²) in [4.78, 5) is 26.8. The second-order valence-electron chi connectivity index (χ2n) is 7.66. The fourth-order valence-electron chi connectivity index (χ4n) is 3.24. The molecule has 9 nitrogen and oxygen atoms in total. The predicted molar refractivity (Wildman–Crippen MR) is 103 cm³/mol. The molecule has 1 saturated heterocycles. The molecule has 2 aromatic heterocycles. The molecule has 1 fully saturated rings. The minimum atomic E-state index is -0.283. The Balaban J connectivity index is 1.54. The first-order chi connectivity index (χ1) is 13.4. The molecule has 3 rings (SSSR count). The van der Waals surface area contributed by atoms with Crippen molar-refractivity contribution in [2.45, 2.75) is 58.2 Å². The Morgan fingerprint density at radius 2 is 2.25 bits per heavy atom. The molecule has 0 saturated carbocycles. The summed E-state index contributed by atoms with van der Waals surface area (Å²) in [6.07, 6.45) is 7.31. The third-order valence-electron chi connectivity index (χ3n) is 5.04.